The van der Waals surface area contributed by atoms with E-state index in [0.717, 1.165) is 24.1 Å². The second-order valence-electron chi connectivity index (χ2n) is 4.73. The Balaban J connectivity index is 2.39. The van der Waals surface area contributed by atoms with Gasteiger partial charge < -0.3 is 5.73 Å². The molecule has 0 radical (unpaired) electrons. The van der Waals surface area contributed by atoms with Crippen molar-refractivity contribution in [2.45, 2.75) is 26.7 Å². The van der Waals surface area contributed by atoms with Crippen molar-refractivity contribution in [1.82, 2.24) is 15.0 Å². The van der Waals surface area contributed by atoms with Crippen LogP contribution in [0.25, 0.3) is 5.69 Å². The van der Waals surface area contributed by atoms with Crippen molar-refractivity contribution in [1.29, 1.82) is 0 Å². The number of aromatic nitrogens is 3. The van der Waals surface area contributed by atoms with Crippen molar-refractivity contribution in [2.75, 3.05) is 6.54 Å². The number of hydrogen-bond acceptors (Lipinski definition) is 5. The van der Waals surface area contributed by atoms with E-state index in [1.165, 1.54) is 6.07 Å². The molecule has 20 heavy (non-hydrogen) atoms. The molecule has 0 saturated carbocycles. The zero-order chi connectivity index (χ0) is 14.7. The van der Waals surface area contributed by atoms with Gasteiger partial charge in [-0.2, -0.15) is 0 Å². The van der Waals surface area contributed by atoms with Crippen LogP contribution in [0.3, 0.4) is 0 Å². The molecule has 2 aromatic rings. The SMILES string of the molecule is Cc1cc(C)c([N+](=O)[O-])cc1-n1cc(CCCN)nn1. The number of hydrogen-bond donors (Lipinski definition) is 1. The second kappa shape index (κ2) is 5.79. The summed E-state index contributed by atoms with van der Waals surface area (Å²) in [7, 11) is 0. The van der Waals surface area contributed by atoms with Gasteiger partial charge in [0.15, 0.2) is 0 Å². The third kappa shape index (κ3) is 2.83. The number of nitrogens with two attached hydrogens (primary N) is 1. The summed E-state index contributed by atoms with van der Waals surface area (Å²) in [6, 6.07) is 3.32. The van der Waals surface area contributed by atoms with Crippen molar-refractivity contribution in [2.24, 2.45) is 5.73 Å². The van der Waals surface area contributed by atoms with Crippen molar-refractivity contribution in [3.63, 3.8) is 0 Å². The van der Waals surface area contributed by atoms with Crippen LogP contribution in [-0.4, -0.2) is 26.5 Å². The zero-order valence-electron chi connectivity index (χ0n) is 11.5. The Bertz CT molecular complexity index is 636. The highest BCUT2D eigenvalue weighted by atomic mass is 16.6. The third-order valence-corrected chi connectivity index (χ3v) is 3.14. The van der Waals surface area contributed by atoms with Gasteiger partial charge in [-0.15, -0.1) is 5.10 Å². The Morgan fingerprint density at radius 3 is 2.75 bits per heavy atom. The fourth-order valence-electron chi connectivity index (χ4n) is 2.09. The monoisotopic (exact) mass is 275 g/mol. The van der Waals surface area contributed by atoms with Crippen LogP contribution in [-0.2, 0) is 6.42 Å². The number of aryl methyl sites for hydroxylation is 3. The van der Waals surface area contributed by atoms with Crippen molar-refractivity contribution in [3.05, 3.63) is 45.3 Å². The molecule has 0 aliphatic rings. The smallest absolute Gasteiger partial charge is 0.274 e. The topological polar surface area (TPSA) is 99.9 Å². The molecule has 2 N–H and O–H groups in total. The molecule has 0 aliphatic heterocycles. The quantitative estimate of drug-likeness (QED) is 0.661. The number of nitro groups is 1. The molecule has 0 aliphatic carbocycles. The molecule has 7 nitrogen and oxygen atoms in total. The van der Waals surface area contributed by atoms with Gasteiger partial charge in [0.05, 0.1) is 22.5 Å². The van der Waals surface area contributed by atoms with Gasteiger partial charge in [0.2, 0.25) is 0 Å². The predicted molar refractivity (Wildman–Crippen MR) is 74.9 cm³/mol. The first-order valence-corrected chi connectivity index (χ1v) is 6.40. The number of benzene rings is 1. The van der Waals surface area contributed by atoms with E-state index in [2.05, 4.69) is 10.3 Å². The molecular weight excluding hydrogens is 258 g/mol. The lowest BCUT2D eigenvalue weighted by Gasteiger charge is -2.06. The maximum atomic E-state index is 11.0. The lowest BCUT2D eigenvalue weighted by Crippen LogP contribution is -2.01. The van der Waals surface area contributed by atoms with E-state index in [-0.39, 0.29) is 10.6 Å². The van der Waals surface area contributed by atoms with E-state index in [1.54, 1.807) is 23.9 Å². The van der Waals surface area contributed by atoms with E-state index in [4.69, 9.17) is 5.73 Å². The molecular formula is C13H17N5O2. The summed E-state index contributed by atoms with van der Waals surface area (Å²) < 4.78 is 1.58. The standard InChI is InChI=1S/C13H17N5O2/c1-9-6-10(2)13(18(19)20)7-12(9)17-8-11(15-16-17)4-3-5-14/h6-8H,3-5,14H2,1-2H3. The summed E-state index contributed by atoms with van der Waals surface area (Å²) in [5.74, 6) is 0. The molecule has 1 heterocycles. The molecule has 0 fully saturated rings. The van der Waals surface area contributed by atoms with Gasteiger partial charge >= 0.3 is 0 Å². The van der Waals surface area contributed by atoms with Crippen molar-refractivity contribution >= 4 is 5.69 Å². The summed E-state index contributed by atoms with van der Waals surface area (Å²) in [6.07, 6.45) is 3.38. The molecule has 0 atom stereocenters. The third-order valence-electron chi connectivity index (χ3n) is 3.14. The highest BCUT2D eigenvalue weighted by Crippen LogP contribution is 2.25. The van der Waals surface area contributed by atoms with Crippen LogP contribution in [0.2, 0.25) is 0 Å². The average Bonchev–Trinajstić information content (AvgIpc) is 2.84. The van der Waals surface area contributed by atoms with E-state index < -0.39 is 0 Å². The average molecular weight is 275 g/mol. The summed E-state index contributed by atoms with van der Waals surface area (Å²) in [5.41, 5.74) is 8.61. The van der Waals surface area contributed by atoms with Gasteiger partial charge in [0, 0.05) is 11.6 Å². The molecule has 7 heteroatoms. The maximum absolute atomic E-state index is 11.0. The van der Waals surface area contributed by atoms with Gasteiger partial charge in [-0.05, 0) is 44.9 Å². The maximum Gasteiger partial charge on any atom is 0.274 e. The van der Waals surface area contributed by atoms with E-state index >= 15 is 0 Å². The van der Waals surface area contributed by atoms with Crippen molar-refractivity contribution in [3.8, 4) is 5.69 Å². The molecule has 0 bridgehead atoms. The highest BCUT2D eigenvalue weighted by Gasteiger charge is 2.15. The van der Waals surface area contributed by atoms with E-state index in [9.17, 15) is 10.1 Å². The fraction of sp³-hybridized carbons (Fsp3) is 0.385. The lowest BCUT2D eigenvalue weighted by molar-refractivity contribution is -0.385. The van der Waals surface area contributed by atoms with E-state index in [1.807, 2.05) is 6.92 Å². The van der Waals surface area contributed by atoms with Crippen LogP contribution in [0.5, 0.6) is 0 Å². The van der Waals surface area contributed by atoms with Gasteiger partial charge in [-0.3, -0.25) is 10.1 Å². The molecule has 1 aromatic heterocycles. The Morgan fingerprint density at radius 1 is 1.35 bits per heavy atom. The normalized spacial score (nSPS) is 10.8. The fourth-order valence-corrected chi connectivity index (χ4v) is 2.09. The largest absolute Gasteiger partial charge is 0.330 e. The minimum atomic E-state index is -0.384. The molecule has 0 saturated heterocycles. The van der Waals surface area contributed by atoms with Crippen molar-refractivity contribution < 1.29 is 4.92 Å². The van der Waals surface area contributed by atoms with Gasteiger partial charge in [0.25, 0.3) is 5.69 Å². The molecule has 2 rings (SSSR count). The first-order chi connectivity index (χ1) is 9.52. The molecule has 106 valence electrons. The van der Waals surface area contributed by atoms with Crippen LogP contribution >= 0.6 is 0 Å². The molecule has 0 amide bonds. The summed E-state index contributed by atoms with van der Waals surface area (Å²) in [4.78, 5) is 10.6. The lowest BCUT2D eigenvalue weighted by atomic mass is 10.1. The number of nitrogens with zero attached hydrogens (tertiary/aromatic N) is 4. The predicted octanol–water partition coefficient (Wildman–Crippen LogP) is 1.68. The van der Waals surface area contributed by atoms with Gasteiger partial charge in [0.1, 0.15) is 0 Å². The van der Waals surface area contributed by atoms with Crippen LogP contribution in [0.1, 0.15) is 23.2 Å². The van der Waals surface area contributed by atoms with Crippen LogP contribution < -0.4 is 5.73 Å². The molecule has 0 unspecified atom stereocenters. The Kier molecular flexibility index (Phi) is 4.09. The first kappa shape index (κ1) is 14.1. The summed E-state index contributed by atoms with van der Waals surface area (Å²) in [6.45, 7) is 4.22. The van der Waals surface area contributed by atoms with Gasteiger partial charge in [-0.1, -0.05) is 5.21 Å². The summed E-state index contributed by atoms with van der Waals surface area (Å²) >= 11 is 0. The van der Waals surface area contributed by atoms with Crippen LogP contribution in [0, 0.1) is 24.0 Å². The molecule has 0 spiro atoms. The Hall–Kier alpha value is -2.28. The Labute approximate surface area is 116 Å². The number of rotatable bonds is 5. The second-order valence-corrected chi connectivity index (χ2v) is 4.73. The van der Waals surface area contributed by atoms with Crippen LogP contribution in [0.4, 0.5) is 5.69 Å². The van der Waals surface area contributed by atoms with E-state index in [0.29, 0.717) is 17.8 Å². The van der Waals surface area contributed by atoms with Gasteiger partial charge in [-0.25, -0.2) is 4.68 Å². The Morgan fingerprint density at radius 2 is 2.10 bits per heavy atom. The minimum Gasteiger partial charge on any atom is -0.330 e. The molecule has 1 aromatic carbocycles. The minimum absolute atomic E-state index is 0.0876. The highest BCUT2D eigenvalue weighted by molar-refractivity contribution is 5.53. The number of nitro benzene ring substituents is 1. The summed E-state index contributed by atoms with van der Waals surface area (Å²) in [5, 5.41) is 19.1. The van der Waals surface area contributed by atoms with Crippen LogP contribution in [0.15, 0.2) is 18.3 Å². The first-order valence-electron chi connectivity index (χ1n) is 6.40. The zero-order valence-corrected chi connectivity index (χ0v) is 11.5.